The van der Waals surface area contributed by atoms with E-state index >= 15 is 0 Å². The average Bonchev–Trinajstić information content (AvgIpc) is 2.48. The van der Waals surface area contributed by atoms with Gasteiger partial charge in [-0.2, -0.15) is 0 Å². The maximum Gasteiger partial charge on any atom is 0.249 e. The smallest absolute Gasteiger partial charge is 0.249 e. The normalized spacial score (nSPS) is 17.4. The fourth-order valence-electron chi connectivity index (χ4n) is 3.93. The zero-order valence-electron chi connectivity index (χ0n) is 15.2. The van der Waals surface area contributed by atoms with Crippen molar-refractivity contribution in [2.75, 3.05) is 4.90 Å². The maximum absolute atomic E-state index is 13.2. The van der Waals surface area contributed by atoms with Crippen LogP contribution in [0.1, 0.15) is 58.4 Å². The lowest BCUT2D eigenvalue weighted by Gasteiger charge is -2.49. The van der Waals surface area contributed by atoms with Crippen molar-refractivity contribution in [3.05, 3.63) is 54.3 Å². The van der Waals surface area contributed by atoms with Crippen LogP contribution in [0.5, 0.6) is 0 Å². The van der Waals surface area contributed by atoms with Gasteiger partial charge in [-0.1, -0.05) is 50.1 Å². The molecule has 1 aliphatic carbocycles. The molecule has 0 unspecified atom stereocenters. The maximum atomic E-state index is 13.2. The third kappa shape index (κ3) is 4.06. The van der Waals surface area contributed by atoms with Crippen LogP contribution in [0.15, 0.2) is 48.7 Å². The Bertz CT molecular complexity index is 589. The SMILES string of the molecule is C=C(C)N(c1ccc(CC(C)(F)F)cc1)C1(C(=C)C)CCCCC1. The van der Waals surface area contributed by atoms with Crippen LogP contribution in [0.25, 0.3) is 0 Å². The van der Waals surface area contributed by atoms with E-state index in [9.17, 15) is 8.78 Å². The number of rotatable bonds is 6. The first kappa shape index (κ1) is 18.7. The van der Waals surface area contributed by atoms with Crippen LogP contribution in [0.4, 0.5) is 14.5 Å². The number of anilines is 1. The number of nitrogens with zero attached hydrogens (tertiary/aromatic N) is 1. The molecule has 1 aromatic carbocycles. The van der Waals surface area contributed by atoms with Gasteiger partial charge >= 0.3 is 0 Å². The molecule has 132 valence electrons. The summed E-state index contributed by atoms with van der Waals surface area (Å²) in [5.41, 5.74) is 3.67. The Morgan fingerprint density at radius 3 is 2.04 bits per heavy atom. The molecule has 0 N–H and O–H groups in total. The van der Waals surface area contributed by atoms with Gasteiger partial charge in [-0.25, -0.2) is 8.78 Å². The second kappa shape index (κ2) is 7.08. The fourth-order valence-corrected chi connectivity index (χ4v) is 3.93. The van der Waals surface area contributed by atoms with Gasteiger partial charge in [0.15, 0.2) is 0 Å². The summed E-state index contributed by atoms with van der Waals surface area (Å²) >= 11 is 0. The molecule has 24 heavy (non-hydrogen) atoms. The minimum Gasteiger partial charge on any atom is -0.336 e. The molecule has 0 radical (unpaired) electrons. The van der Waals surface area contributed by atoms with Crippen molar-refractivity contribution in [2.45, 2.75) is 70.8 Å². The summed E-state index contributed by atoms with van der Waals surface area (Å²) in [4.78, 5) is 2.27. The number of benzene rings is 1. The highest BCUT2D eigenvalue weighted by Crippen LogP contribution is 2.43. The summed E-state index contributed by atoms with van der Waals surface area (Å²) < 4.78 is 26.4. The fraction of sp³-hybridized carbons (Fsp3) is 0.524. The Hall–Kier alpha value is -1.64. The van der Waals surface area contributed by atoms with Gasteiger partial charge in [-0.3, -0.25) is 0 Å². The predicted molar refractivity (Wildman–Crippen MR) is 98.7 cm³/mol. The monoisotopic (exact) mass is 333 g/mol. The van der Waals surface area contributed by atoms with E-state index in [-0.39, 0.29) is 12.0 Å². The quantitative estimate of drug-likeness (QED) is 0.537. The van der Waals surface area contributed by atoms with Crippen molar-refractivity contribution in [1.82, 2.24) is 0 Å². The zero-order valence-corrected chi connectivity index (χ0v) is 15.2. The minimum atomic E-state index is -2.68. The molecular formula is C21H29F2N. The highest BCUT2D eigenvalue weighted by molar-refractivity contribution is 5.58. The van der Waals surface area contributed by atoms with E-state index in [4.69, 9.17) is 0 Å². The van der Waals surface area contributed by atoms with Crippen molar-refractivity contribution in [3.63, 3.8) is 0 Å². The van der Waals surface area contributed by atoms with E-state index < -0.39 is 5.92 Å². The number of allylic oxidation sites excluding steroid dienone is 1. The Kier molecular flexibility index (Phi) is 5.52. The van der Waals surface area contributed by atoms with Crippen LogP contribution in [-0.2, 0) is 6.42 Å². The second-order valence-corrected chi connectivity index (χ2v) is 7.36. The van der Waals surface area contributed by atoms with Crippen molar-refractivity contribution >= 4 is 5.69 Å². The predicted octanol–water partition coefficient (Wildman–Crippen LogP) is 6.50. The zero-order chi connectivity index (χ0) is 18.0. The van der Waals surface area contributed by atoms with E-state index in [2.05, 4.69) is 25.0 Å². The molecule has 1 aromatic rings. The third-order valence-electron chi connectivity index (χ3n) is 4.99. The molecule has 0 heterocycles. The number of alkyl halides is 2. The molecule has 0 spiro atoms. The Morgan fingerprint density at radius 1 is 1.08 bits per heavy atom. The summed E-state index contributed by atoms with van der Waals surface area (Å²) in [6.45, 7) is 13.5. The molecule has 1 aliphatic rings. The van der Waals surface area contributed by atoms with E-state index in [0.29, 0.717) is 5.56 Å². The van der Waals surface area contributed by atoms with Gasteiger partial charge in [0.05, 0.1) is 5.54 Å². The topological polar surface area (TPSA) is 3.24 Å². The van der Waals surface area contributed by atoms with Gasteiger partial charge in [-0.15, -0.1) is 0 Å². The van der Waals surface area contributed by atoms with Crippen LogP contribution in [-0.4, -0.2) is 11.5 Å². The van der Waals surface area contributed by atoms with E-state index in [0.717, 1.165) is 36.7 Å². The number of hydrogen-bond donors (Lipinski definition) is 0. The highest BCUT2D eigenvalue weighted by Gasteiger charge is 2.39. The van der Waals surface area contributed by atoms with Gasteiger partial charge in [0.25, 0.3) is 0 Å². The van der Waals surface area contributed by atoms with Crippen molar-refractivity contribution in [2.24, 2.45) is 0 Å². The van der Waals surface area contributed by atoms with Gasteiger partial charge in [0.2, 0.25) is 5.92 Å². The first-order chi connectivity index (χ1) is 11.2. The lowest BCUT2D eigenvalue weighted by molar-refractivity contribution is 0.0226. The average molecular weight is 333 g/mol. The summed E-state index contributed by atoms with van der Waals surface area (Å²) in [5, 5.41) is 0. The molecule has 0 saturated heterocycles. The Balaban J connectivity index is 2.36. The van der Waals surface area contributed by atoms with Crippen molar-refractivity contribution < 1.29 is 8.78 Å². The molecule has 0 aliphatic heterocycles. The summed E-state index contributed by atoms with van der Waals surface area (Å²) in [6.07, 6.45) is 5.50. The highest BCUT2D eigenvalue weighted by atomic mass is 19.3. The molecule has 1 saturated carbocycles. The van der Waals surface area contributed by atoms with Crippen LogP contribution in [0.2, 0.25) is 0 Å². The molecule has 3 heteroatoms. The molecule has 0 amide bonds. The Labute approximate surface area is 145 Å². The lowest BCUT2D eigenvalue weighted by Crippen LogP contribution is -2.50. The van der Waals surface area contributed by atoms with Crippen LogP contribution >= 0.6 is 0 Å². The molecule has 0 aromatic heterocycles. The molecule has 0 atom stereocenters. The van der Waals surface area contributed by atoms with E-state index in [1.165, 1.54) is 19.3 Å². The third-order valence-corrected chi connectivity index (χ3v) is 4.99. The summed E-state index contributed by atoms with van der Waals surface area (Å²) in [5.74, 6) is -2.68. The summed E-state index contributed by atoms with van der Waals surface area (Å²) in [7, 11) is 0. The van der Waals surface area contributed by atoms with Crippen LogP contribution in [0, 0.1) is 0 Å². The van der Waals surface area contributed by atoms with Crippen molar-refractivity contribution in [3.8, 4) is 0 Å². The Morgan fingerprint density at radius 2 is 1.62 bits per heavy atom. The van der Waals surface area contributed by atoms with Crippen LogP contribution < -0.4 is 4.90 Å². The van der Waals surface area contributed by atoms with Gasteiger partial charge in [0.1, 0.15) is 0 Å². The summed E-state index contributed by atoms with van der Waals surface area (Å²) in [6, 6.07) is 7.49. The minimum absolute atomic E-state index is 0.111. The van der Waals surface area contributed by atoms with E-state index in [1.54, 1.807) is 12.1 Å². The second-order valence-electron chi connectivity index (χ2n) is 7.36. The van der Waals surface area contributed by atoms with Crippen molar-refractivity contribution in [1.29, 1.82) is 0 Å². The first-order valence-electron chi connectivity index (χ1n) is 8.74. The van der Waals surface area contributed by atoms with E-state index in [1.807, 2.05) is 19.1 Å². The molecule has 1 fully saturated rings. The molecule has 0 bridgehead atoms. The largest absolute Gasteiger partial charge is 0.336 e. The number of halogens is 2. The molecule has 2 rings (SSSR count). The van der Waals surface area contributed by atoms with Gasteiger partial charge < -0.3 is 4.90 Å². The van der Waals surface area contributed by atoms with Gasteiger partial charge in [0, 0.05) is 17.8 Å². The van der Waals surface area contributed by atoms with Gasteiger partial charge in [-0.05, 0) is 51.3 Å². The number of hydrogen-bond acceptors (Lipinski definition) is 1. The lowest BCUT2D eigenvalue weighted by atomic mass is 9.75. The molecule has 1 nitrogen and oxygen atoms in total. The first-order valence-corrected chi connectivity index (χ1v) is 8.74. The van der Waals surface area contributed by atoms with Crippen LogP contribution in [0.3, 0.4) is 0 Å². The standard InChI is InChI=1S/C21H29F2N/c1-16(2)21(13-7-6-8-14-21)24(17(3)4)19-11-9-18(10-12-19)15-20(5,22)23/h9-12H,1,3,6-8,13-15H2,2,4-5H3. The molecular weight excluding hydrogens is 304 g/mol.